The zero-order valence-electron chi connectivity index (χ0n) is 11.2. The molecule has 3 aliphatic rings. The number of nitrogens with zero attached hydrogens (tertiary/aromatic N) is 2. The predicted octanol–water partition coefficient (Wildman–Crippen LogP) is 0.458. The van der Waals surface area contributed by atoms with Gasteiger partial charge in [-0.05, 0) is 12.2 Å². The first-order valence-corrected chi connectivity index (χ1v) is 5.74. The largest absolute Gasteiger partial charge is 0.451 e. The Hall–Kier alpha value is -2.35. The van der Waals surface area contributed by atoms with Gasteiger partial charge in [-0.2, -0.15) is 10.0 Å². The molecule has 2 amide bonds. The monoisotopic (exact) mass is 282 g/mol. The smallest absolute Gasteiger partial charge is 0.432 e. The molecule has 3 rings (SSSR count). The normalized spacial score (nSPS) is 27.6. The summed E-state index contributed by atoms with van der Waals surface area (Å²) in [7, 11) is 3.57. The molecule has 108 valence electrons. The Morgan fingerprint density at radius 2 is 1.80 bits per heavy atom. The predicted molar refractivity (Wildman–Crippen MR) is 65.3 cm³/mol. The number of carbonyl (C=O) groups is 3. The van der Waals surface area contributed by atoms with Crippen molar-refractivity contribution in [3.05, 3.63) is 24.3 Å². The van der Waals surface area contributed by atoms with Gasteiger partial charge >= 0.3 is 12.2 Å². The van der Waals surface area contributed by atoms with Crippen LogP contribution in [0.15, 0.2) is 24.3 Å². The number of hydrazine groups is 1. The fraction of sp³-hybridized carbons (Fsp3) is 0.417. The van der Waals surface area contributed by atoms with Crippen molar-refractivity contribution in [3.63, 3.8) is 0 Å². The molecule has 2 atom stereocenters. The highest BCUT2D eigenvalue weighted by atomic mass is 16.6. The third-order valence-electron chi connectivity index (χ3n) is 3.15. The number of hydrogen-bond acceptors (Lipinski definition) is 6. The molecule has 0 N–H and O–H groups in total. The fourth-order valence-corrected chi connectivity index (χ4v) is 2.17. The average Bonchev–Trinajstić information content (AvgIpc) is 2.72. The Morgan fingerprint density at radius 1 is 1.15 bits per heavy atom. The first-order chi connectivity index (χ1) is 9.51. The molecule has 8 heteroatoms. The third-order valence-corrected chi connectivity index (χ3v) is 3.15. The van der Waals surface area contributed by atoms with Gasteiger partial charge in [0, 0.05) is 7.11 Å². The van der Waals surface area contributed by atoms with Crippen LogP contribution in [0.5, 0.6) is 0 Å². The van der Waals surface area contributed by atoms with Gasteiger partial charge in [0.15, 0.2) is 0 Å². The van der Waals surface area contributed by atoms with Gasteiger partial charge in [-0.15, -0.1) is 0 Å². The van der Waals surface area contributed by atoms with Gasteiger partial charge in [0.25, 0.3) is 0 Å². The van der Waals surface area contributed by atoms with Gasteiger partial charge < -0.3 is 14.2 Å². The molecule has 2 bridgehead atoms. The van der Waals surface area contributed by atoms with E-state index in [1.165, 1.54) is 32.4 Å². The Morgan fingerprint density at radius 3 is 2.35 bits per heavy atom. The van der Waals surface area contributed by atoms with Crippen LogP contribution in [0, 0.1) is 0 Å². The summed E-state index contributed by atoms with van der Waals surface area (Å²) >= 11 is 0. The van der Waals surface area contributed by atoms with E-state index < -0.39 is 29.7 Å². The number of rotatable bonds is 1. The molecule has 8 nitrogen and oxygen atoms in total. The summed E-state index contributed by atoms with van der Waals surface area (Å²) < 4.78 is 14.5. The molecular formula is C12H14N2O6. The quantitative estimate of drug-likeness (QED) is 0.649. The van der Waals surface area contributed by atoms with E-state index in [0.717, 1.165) is 17.1 Å². The Kier molecular flexibility index (Phi) is 3.49. The van der Waals surface area contributed by atoms with Crippen molar-refractivity contribution in [3.8, 4) is 0 Å². The Balaban J connectivity index is 2.61. The van der Waals surface area contributed by atoms with E-state index in [9.17, 15) is 14.4 Å². The second-order valence-corrected chi connectivity index (χ2v) is 4.07. The molecule has 0 aromatic heterocycles. The minimum absolute atomic E-state index is 0.504. The van der Waals surface area contributed by atoms with Crippen molar-refractivity contribution in [1.82, 2.24) is 10.0 Å². The number of hydrogen-bond donors (Lipinski definition) is 0. The topological polar surface area (TPSA) is 85.4 Å². The van der Waals surface area contributed by atoms with E-state index in [1.54, 1.807) is 6.08 Å². The summed E-state index contributed by atoms with van der Waals surface area (Å²) in [5.74, 6) is -0.504. The zero-order valence-corrected chi connectivity index (χ0v) is 11.2. The van der Waals surface area contributed by atoms with Crippen LogP contribution in [0.4, 0.5) is 9.59 Å². The standard InChI is InChI=1S/C12H14N2O6/c1-18-10(16)13-8-4-5-9(15)12(20-3,7-6-8)14(13)11(17)19-2/h4-8H,1-3H3/t8-,12+/m0/s1. The maximum absolute atomic E-state index is 12.2. The molecule has 0 saturated carbocycles. The first kappa shape index (κ1) is 14.1. The van der Waals surface area contributed by atoms with Crippen LogP contribution in [0.25, 0.3) is 0 Å². The number of ether oxygens (including phenoxy) is 3. The van der Waals surface area contributed by atoms with E-state index in [-0.39, 0.29) is 0 Å². The van der Waals surface area contributed by atoms with Crippen LogP contribution in [0.1, 0.15) is 0 Å². The molecule has 2 aliphatic heterocycles. The second kappa shape index (κ2) is 4.97. The Bertz CT molecular complexity index is 514. The summed E-state index contributed by atoms with van der Waals surface area (Å²) in [6.45, 7) is 0. The number of carbonyl (C=O) groups excluding carboxylic acids is 3. The lowest BCUT2D eigenvalue weighted by Gasteiger charge is -2.45. The lowest BCUT2D eigenvalue weighted by molar-refractivity contribution is -0.182. The molecule has 0 fully saturated rings. The molecule has 20 heavy (non-hydrogen) atoms. The van der Waals surface area contributed by atoms with Gasteiger partial charge in [0.2, 0.25) is 11.5 Å². The summed E-state index contributed by atoms with van der Waals surface area (Å²) in [6, 6.07) is -0.642. The van der Waals surface area contributed by atoms with Crippen molar-refractivity contribution in [1.29, 1.82) is 0 Å². The second-order valence-electron chi connectivity index (χ2n) is 4.07. The Labute approximate surface area is 115 Å². The highest BCUT2D eigenvalue weighted by Crippen LogP contribution is 2.33. The molecule has 0 aromatic rings. The molecule has 0 unspecified atom stereocenters. The van der Waals surface area contributed by atoms with Crippen molar-refractivity contribution < 1.29 is 28.6 Å². The zero-order chi connectivity index (χ0) is 14.9. The third kappa shape index (κ3) is 1.76. The van der Waals surface area contributed by atoms with Crippen molar-refractivity contribution >= 4 is 18.0 Å². The van der Waals surface area contributed by atoms with E-state index >= 15 is 0 Å². The van der Waals surface area contributed by atoms with Crippen LogP contribution < -0.4 is 0 Å². The fourth-order valence-electron chi connectivity index (χ4n) is 2.17. The van der Waals surface area contributed by atoms with E-state index in [1.807, 2.05) is 0 Å². The van der Waals surface area contributed by atoms with Gasteiger partial charge in [-0.25, -0.2) is 9.59 Å². The summed E-state index contributed by atoms with van der Waals surface area (Å²) in [4.78, 5) is 36.2. The van der Waals surface area contributed by atoms with E-state index in [4.69, 9.17) is 4.74 Å². The summed E-state index contributed by atoms with van der Waals surface area (Å²) in [6.07, 6.45) is 3.98. The summed E-state index contributed by atoms with van der Waals surface area (Å²) in [5.41, 5.74) is -1.76. The maximum Gasteiger partial charge on any atom is 0.432 e. The highest BCUT2D eigenvalue weighted by molar-refractivity contribution is 6.02. The van der Waals surface area contributed by atoms with Crippen LogP contribution >= 0.6 is 0 Å². The molecule has 2 heterocycles. The number of amides is 2. The molecule has 0 aromatic carbocycles. The maximum atomic E-state index is 12.2. The SMILES string of the molecule is COC(=O)N1[C@H]2C=CC(=O)[C@](OC)(C=C2)N1C(=O)OC. The molecule has 0 spiro atoms. The van der Waals surface area contributed by atoms with Gasteiger partial charge in [-0.3, -0.25) is 4.79 Å². The van der Waals surface area contributed by atoms with Gasteiger partial charge in [0.05, 0.1) is 20.3 Å². The highest BCUT2D eigenvalue weighted by Gasteiger charge is 2.55. The van der Waals surface area contributed by atoms with Crippen molar-refractivity contribution in [2.45, 2.75) is 11.8 Å². The van der Waals surface area contributed by atoms with Crippen molar-refractivity contribution in [2.75, 3.05) is 21.3 Å². The molecule has 0 saturated heterocycles. The van der Waals surface area contributed by atoms with Crippen molar-refractivity contribution in [2.24, 2.45) is 0 Å². The molecule has 0 radical (unpaired) electrons. The number of ketones is 1. The number of fused-ring (bicyclic) bond motifs is 2. The van der Waals surface area contributed by atoms with E-state index in [0.29, 0.717) is 0 Å². The minimum Gasteiger partial charge on any atom is -0.451 e. The molecular weight excluding hydrogens is 268 g/mol. The van der Waals surface area contributed by atoms with Crippen LogP contribution in [0.3, 0.4) is 0 Å². The lowest BCUT2D eigenvalue weighted by atomic mass is 10.1. The van der Waals surface area contributed by atoms with Crippen LogP contribution in [-0.2, 0) is 19.0 Å². The average molecular weight is 282 g/mol. The number of methoxy groups -OCH3 is 3. The van der Waals surface area contributed by atoms with Crippen LogP contribution in [0.2, 0.25) is 0 Å². The minimum atomic E-state index is -1.76. The van der Waals surface area contributed by atoms with E-state index in [2.05, 4.69) is 9.47 Å². The van der Waals surface area contributed by atoms with Gasteiger partial charge in [-0.1, -0.05) is 12.2 Å². The van der Waals surface area contributed by atoms with Gasteiger partial charge in [0.1, 0.15) is 0 Å². The van der Waals surface area contributed by atoms with Crippen LogP contribution in [-0.4, -0.2) is 61.1 Å². The molecule has 1 aliphatic carbocycles. The first-order valence-electron chi connectivity index (χ1n) is 5.74. The summed E-state index contributed by atoms with van der Waals surface area (Å²) in [5, 5.41) is 1.78. The lowest BCUT2D eigenvalue weighted by Crippen LogP contribution is -2.67.